The lowest BCUT2D eigenvalue weighted by atomic mass is 10.1. The van der Waals surface area contributed by atoms with E-state index in [9.17, 15) is 8.42 Å². The average Bonchev–Trinajstić information content (AvgIpc) is 1.96. The van der Waals surface area contributed by atoms with E-state index in [1.807, 2.05) is 6.92 Å². The van der Waals surface area contributed by atoms with E-state index < -0.39 is 16.2 Å². The first-order valence-electron chi connectivity index (χ1n) is 3.77. The minimum atomic E-state index is -3.99. The summed E-state index contributed by atoms with van der Waals surface area (Å²) in [5, 5.41) is 9.77. The Morgan fingerprint density at radius 1 is 1.50 bits per heavy atom. The summed E-state index contributed by atoms with van der Waals surface area (Å²) in [6.07, 6.45) is 2.56. The molecule has 1 unspecified atom stereocenters. The third-order valence-corrected chi connectivity index (χ3v) is 1.94. The van der Waals surface area contributed by atoms with E-state index in [-0.39, 0.29) is 0 Å². The SMILES string of the molecule is CCC(O)CC/C=C/S(=O)(=O)O. The van der Waals surface area contributed by atoms with Crippen molar-refractivity contribution >= 4 is 10.1 Å². The fraction of sp³-hybridized carbons (Fsp3) is 0.714. The van der Waals surface area contributed by atoms with Crippen molar-refractivity contribution in [2.75, 3.05) is 0 Å². The van der Waals surface area contributed by atoms with E-state index in [2.05, 4.69) is 0 Å². The first-order valence-corrected chi connectivity index (χ1v) is 5.28. The Morgan fingerprint density at radius 2 is 2.08 bits per heavy atom. The molecule has 12 heavy (non-hydrogen) atoms. The van der Waals surface area contributed by atoms with Gasteiger partial charge in [0.2, 0.25) is 0 Å². The second-order valence-electron chi connectivity index (χ2n) is 2.53. The van der Waals surface area contributed by atoms with Crippen molar-refractivity contribution in [1.29, 1.82) is 0 Å². The maximum atomic E-state index is 10.2. The summed E-state index contributed by atoms with van der Waals surface area (Å²) in [4.78, 5) is 0. The van der Waals surface area contributed by atoms with Crippen LogP contribution >= 0.6 is 0 Å². The molecule has 0 saturated heterocycles. The van der Waals surface area contributed by atoms with Gasteiger partial charge in [-0.15, -0.1) is 0 Å². The molecule has 0 aliphatic carbocycles. The molecule has 5 heteroatoms. The van der Waals surface area contributed by atoms with Crippen molar-refractivity contribution in [2.24, 2.45) is 0 Å². The highest BCUT2D eigenvalue weighted by Gasteiger charge is 1.98. The Morgan fingerprint density at radius 3 is 2.50 bits per heavy atom. The summed E-state index contributed by atoms with van der Waals surface area (Å²) in [6, 6.07) is 0. The number of allylic oxidation sites excluding steroid dienone is 1. The fourth-order valence-electron chi connectivity index (χ4n) is 0.682. The zero-order valence-corrected chi connectivity index (χ0v) is 7.79. The lowest BCUT2D eigenvalue weighted by Crippen LogP contribution is -2.02. The van der Waals surface area contributed by atoms with Crippen LogP contribution in [-0.4, -0.2) is 24.2 Å². The maximum absolute atomic E-state index is 10.2. The van der Waals surface area contributed by atoms with Crippen LogP contribution in [0.3, 0.4) is 0 Å². The largest absolute Gasteiger partial charge is 0.393 e. The quantitative estimate of drug-likeness (QED) is 0.639. The van der Waals surface area contributed by atoms with Crippen LogP contribution < -0.4 is 0 Å². The molecule has 0 aromatic carbocycles. The van der Waals surface area contributed by atoms with E-state index in [0.717, 1.165) is 5.41 Å². The molecule has 0 heterocycles. The molecule has 72 valence electrons. The van der Waals surface area contributed by atoms with Gasteiger partial charge >= 0.3 is 0 Å². The highest BCUT2D eigenvalue weighted by molar-refractivity contribution is 7.88. The smallest absolute Gasteiger partial charge is 0.287 e. The van der Waals surface area contributed by atoms with Crippen molar-refractivity contribution in [3.63, 3.8) is 0 Å². The topological polar surface area (TPSA) is 74.6 Å². The van der Waals surface area contributed by atoms with E-state index in [1.165, 1.54) is 6.08 Å². The summed E-state index contributed by atoms with van der Waals surface area (Å²) in [5.41, 5.74) is 0. The number of rotatable bonds is 5. The van der Waals surface area contributed by atoms with Gasteiger partial charge < -0.3 is 5.11 Å². The first-order chi connectivity index (χ1) is 5.45. The molecule has 0 saturated carbocycles. The molecular formula is C7H14O4S. The number of hydrogen-bond acceptors (Lipinski definition) is 3. The van der Waals surface area contributed by atoms with Crippen LogP contribution in [0.5, 0.6) is 0 Å². The minimum absolute atomic E-state index is 0.393. The monoisotopic (exact) mass is 194 g/mol. The Labute approximate surface area is 72.7 Å². The second-order valence-corrected chi connectivity index (χ2v) is 3.83. The maximum Gasteiger partial charge on any atom is 0.287 e. The van der Waals surface area contributed by atoms with Crippen LogP contribution in [0, 0.1) is 0 Å². The van der Waals surface area contributed by atoms with Gasteiger partial charge in [0.05, 0.1) is 11.5 Å². The van der Waals surface area contributed by atoms with Crippen LogP contribution in [-0.2, 0) is 10.1 Å². The van der Waals surface area contributed by atoms with Gasteiger partial charge in [-0.25, -0.2) is 0 Å². The lowest BCUT2D eigenvalue weighted by molar-refractivity contribution is 0.161. The van der Waals surface area contributed by atoms with E-state index in [4.69, 9.17) is 9.66 Å². The van der Waals surface area contributed by atoms with Gasteiger partial charge in [-0.05, 0) is 19.3 Å². The van der Waals surface area contributed by atoms with Gasteiger partial charge in [0.15, 0.2) is 0 Å². The minimum Gasteiger partial charge on any atom is -0.393 e. The molecule has 0 aliphatic heterocycles. The van der Waals surface area contributed by atoms with Crippen molar-refractivity contribution in [2.45, 2.75) is 32.3 Å². The first kappa shape index (κ1) is 11.6. The van der Waals surface area contributed by atoms with Crippen LogP contribution in [0.1, 0.15) is 26.2 Å². The van der Waals surface area contributed by atoms with E-state index in [1.54, 1.807) is 0 Å². The molecule has 0 radical (unpaired) electrons. The second kappa shape index (κ2) is 5.29. The average molecular weight is 194 g/mol. The predicted molar refractivity (Wildman–Crippen MR) is 46.2 cm³/mol. The summed E-state index contributed by atoms with van der Waals surface area (Å²) in [5.74, 6) is 0. The third-order valence-electron chi connectivity index (χ3n) is 1.41. The van der Waals surface area contributed by atoms with Gasteiger partial charge in [0.1, 0.15) is 0 Å². The van der Waals surface area contributed by atoms with E-state index >= 15 is 0 Å². The molecule has 0 aliphatic rings. The molecule has 0 amide bonds. The summed E-state index contributed by atoms with van der Waals surface area (Å²) in [6.45, 7) is 1.84. The van der Waals surface area contributed by atoms with Crippen LogP contribution in [0.15, 0.2) is 11.5 Å². The van der Waals surface area contributed by atoms with E-state index in [0.29, 0.717) is 19.3 Å². The molecule has 2 N–H and O–H groups in total. The van der Waals surface area contributed by atoms with Crippen molar-refractivity contribution in [3.8, 4) is 0 Å². The molecule has 1 atom stereocenters. The van der Waals surface area contributed by atoms with Gasteiger partial charge in [0, 0.05) is 0 Å². The number of hydrogen-bond donors (Lipinski definition) is 2. The van der Waals surface area contributed by atoms with Crippen molar-refractivity contribution < 1.29 is 18.1 Å². The van der Waals surface area contributed by atoms with Crippen LogP contribution in [0.25, 0.3) is 0 Å². The van der Waals surface area contributed by atoms with Crippen molar-refractivity contribution in [3.05, 3.63) is 11.5 Å². The van der Waals surface area contributed by atoms with Crippen LogP contribution in [0.4, 0.5) is 0 Å². The zero-order chi connectivity index (χ0) is 9.61. The summed E-state index contributed by atoms with van der Waals surface area (Å²) in [7, 11) is -3.99. The number of aliphatic hydroxyl groups is 1. The molecule has 0 spiro atoms. The normalized spacial score (nSPS) is 15.2. The fourth-order valence-corrected chi connectivity index (χ4v) is 1.06. The molecule has 4 nitrogen and oxygen atoms in total. The molecular weight excluding hydrogens is 180 g/mol. The van der Waals surface area contributed by atoms with Crippen LogP contribution in [0.2, 0.25) is 0 Å². The lowest BCUT2D eigenvalue weighted by Gasteiger charge is -2.02. The predicted octanol–water partition coefficient (Wildman–Crippen LogP) is 0.939. The standard InChI is InChI=1S/C7H14O4S/c1-2-7(8)5-3-4-6-12(9,10)11/h4,6-8H,2-3,5H2,1H3,(H,9,10,11)/b6-4+. The highest BCUT2D eigenvalue weighted by atomic mass is 32.2. The summed E-state index contributed by atoms with van der Waals surface area (Å²) >= 11 is 0. The van der Waals surface area contributed by atoms with Gasteiger partial charge in [0.25, 0.3) is 10.1 Å². The molecule has 0 aromatic heterocycles. The Balaban J connectivity index is 3.64. The van der Waals surface area contributed by atoms with Gasteiger partial charge in [-0.2, -0.15) is 8.42 Å². The zero-order valence-electron chi connectivity index (χ0n) is 6.97. The molecule has 0 rings (SSSR count). The summed E-state index contributed by atoms with van der Waals surface area (Å²) < 4.78 is 28.6. The highest BCUT2D eigenvalue weighted by Crippen LogP contribution is 2.02. The molecule has 0 aromatic rings. The number of aliphatic hydroxyl groups excluding tert-OH is 1. The Kier molecular flexibility index (Phi) is 5.12. The van der Waals surface area contributed by atoms with Gasteiger partial charge in [-0.3, -0.25) is 4.55 Å². The Bertz CT molecular complexity index is 230. The molecule has 0 bridgehead atoms. The van der Waals surface area contributed by atoms with Crippen molar-refractivity contribution in [1.82, 2.24) is 0 Å². The third kappa shape index (κ3) is 7.71. The van der Waals surface area contributed by atoms with Gasteiger partial charge in [-0.1, -0.05) is 13.0 Å². The Hall–Kier alpha value is -0.390. The molecule has 0 fully saturated rings.